The van der Waals surface area contributed by atoms with Crippen LogP contribution in [0.5, 0.6) is 0 Å². The van der Waals surface area contributed by atoms with Gasteiger partial charge >= 0.3 is 5.97 Å². The number of amides is 1. The number of carboxylic acid groups (broad SMARTS) is 1. The van der Waals surface area contributed by atoms with Gasteiger partial charge in [-0.3, -0.25) is 4.79 Å². The lowest BCUT2D eigenvalue weighted by Gasteiger charge is -2.31. The number of hydrogen-bond donors (Lipinski definition) is 1. The fourth-order valence-corrected chi connectivity index (χ4v) is 1.46. The van der Waals surface area contributed by atoms with Gasteiger partial charge in [-0.2, -0.15) is 0 Å². The monoisotopic (exact) mass is 191 g/mol. The van der Waals surface area contributed by atoms with Crippen LogP contribution in [-0.4, -0.2) is 23.5 Å². The molecular formula is C10H9NO3. The van der Waals surface area contributed by atoms with Gasteiger partial charge in [-0.25, -0.2) is 4.79 Å². The minimum Gasteiger partial charge on any atom is -0.478 e. The van der Waals surface area contributed by atoms with Crippen LogP contribution in [0.2, 0.25) is 0 Å². The van der Waals surface area contributed by atoms with Gasteiger partial charge < -0.3 is 10.0 Å². The van der Waals surface area contributed by atoms with Crippen molar-refractivity contribution in [2.45, 2.75) is 6.42 Å². The second kappa shape index (κ2) is 3.14. The predicted molar refractivity (Wildman–Crippen MR) is 50.4 cm³/mol. The molecule has 1 aliphatic rings. The summed E-state index contributed by atoms with van der Waals surface area (Å²) in [5.41, 5.74) is 0.678. The topological polar surface area (TPSA) is 57.6 Å². The predicted octanol–water partition coefficient (Wildman–Crippen LogP) is 1.12. The molecule has 0 aliphatic carbocycles. The van der Waals surface area contributed by atoms with E-state index in [9.17, 15) is 9.59 Å². The van der Waals surface area contributed by atoms with Crippen LogP contribution in [0.1, 0.15) is 16.8 Å². The van der Waals surface area contributed by atoms with Gasteiger partial charge in [0, 0.05) is 13.0 Å². The molecular weight excluding hydrogens is 182 g/mol. The summed E-state index contributed by atoms with van der Waals surface area (Å²) in [4.78, 5) is 23.5. The molecule has 1 aromatic rings. The smallest absolute Gasteiger partial charge is 0.337 e. The molecule has 0 radical (unpaired) electrons. The van der Waals surface area contributed by atoms with Gasteiger partial charge in [0.05, 0.1) is 11.3 Å². The first-order chi connectivity index (χ1) is 6.70. The van der Waals surface area contributed by atoms with Crippen LogP contribution in [0.3, 0.4) is 0 Å². The average Bonchev–Trinajstić information content (AvgIpc) is 2.16. The standard InChI is InChI=1S/C10H9NO3/c12-9-5-6-11(9)8-4-2-1-3-7(8)10(13)14/h1-4H,5-6H2,(H,13,14). The molecule has 1 heterocycles. The number of carbonyl (C=O) groups excluding carboxylic acids is 1. The van der Waals surface area contributed by atoms with E-state index in [2.05, 4.69) is 0 Å². The maximum Gasteiger partial charge on any atom is 0.337 e. The van der Waals surface area contributed by atoms with Gasteiger partial charge in [-0.15, -0.1) is 0 Å². The fourth-order valence-electron chi connectivity index (χ4n) is 1.46. The lowest BCUT2D eigenvalue weighted by Crippen LogP contribution is -2.44. The molecule has 1 amide bonds. The third-order valence-corrected chi connectivity index (χ3v) is 2.28. The molecule has 1 fully saturated rings. The van der Waals surface area contributed by atoms with Crippen molar-refractivity contribution in [2.24, 2.45) is 0 Å². The zero-order valence-corrected chi connectivity index (χ0v) is 7.43. The van der Waals surface area contributed by atoms with Crippen molar-refractivity contribution in [2.75, 3.05) is 11.4 Å². The normalized spacial score (nSPS) is 15.1. The van der Waals surface area contributed by atoms with Gasteiger partial charge in [0.1, 0.15) is 0 Å². The maximum atomic E-state index is 11.1. The molecule has 1 N–H and O–H groups in total. The van der Waals surface area contributed by atoms with E-state index in [1.165, 1.54) is 11.0 Å². The van der Waals surface area contributed by atoms with Crippen LogP contribution in [0.15, 0.2) is 24.3 Å². The van der Waals surface area contributed by atoms with Crippen molar-refractivity contribution in [1.29, 1.82) is 0 Å². The lowest BCUT2D eigenvalue weighted by molar-refractivity contribution is -0.122. The highest BCUT2D eigenvalue weighted by atomic mass is 16.4. The first kappa shape index (κ1) is 8.74. The van der Waals surface area contributed by atoms with Crippen LogP contribution in [0.25, 0.3) is 0 Å². The second-order valence-electron chi connectivity index (χ2n) is 3.12. The molecule has 0 bridgehead atoms. The Bertz CT molecular complexity index is 400. The van der Waals surface area contributed by atoms with Gasteiger partial charge in [0.2, 0.25) is 5.91 Å². The van der Waals surface area contributed by atoms with Gasteiger partial charge in [-0.05, 0) is 12.1 Å². The molecule has 0 saturated carbocycles. The molecule has 1 aliphatic heterocycles. The van der Waals surface area contributed by atoms with Crippen molar-refractivity contribution in [1.82, 2.24) is 0 Å². The summed E-state index contributed by atoms with van der Waals surface area (Å²) in [6.45, 7) is 0.614. The minimum atomic E-state index is -1.000. The Morgan fingerprint density at radius 3 is 2.57 bits per heavy atom. The van der Waals surface area contributed by atoms with E-state index in [1.54, 1.807) is 18.2 Å². The molecule has 0 unspecified atom stereocenters. The summed E-state index contributed by atoms with van der Waals surface area (Å²) in [5.74, 6) is -1.01. The van der Waals surface area contributed by atoms with E-state index in [0.29, 0.717) is 18.7 Å². The number of anilines is 1. The highest BCUT2D eigenvalue weighted by Gasteiger charge is 2.28. The largest absolute Gasteiger partial charge is 0.478 e. The van der Waals surface area contributed by atoms with E-state index < -0.39 is 5.97 Å². The zero-order chi connectivity index (χ0) is 10.1. The molecule has 2 rings (SSSR count). The summed E-state index contributed by atoms with van der Waals surface area (Å²) in [6, 6.07) is 6.54. The van der Waals surface area contributed by atoms with E-state index in [1.807, 2.05) is 0 Å². The van der Waals surface area contributed by atoms with E-state index >= 15 is 0 Å². The zero-order valence-electron chi connectivity index (χ0n) is 7.43. The first-order valence-electron chi connectivity index (χ1n) is 4.33. The van der Waals surface area contributed by atoms with Gasteiger partial charge in [-0.1, -0.05) is 12.1 Å². The Balaban J connectivity index is 2.41. The number of carboxylic acids is 1. The first-order valence-corrected chi connectivity index (χ1v) is 4.33. The Morgan fingerprint density at radius 2 is 2.07 bits per heavy atom. The molecule has 0 aromatic heterocycles. The number of aromatic carboxylic acids is 1. The quantitative estimate of drug-likeness (QED) is 0.712. The second-order valence-corrected chi connectivity index (χ2v) is 3.12. The summed E-state index contributed by atoms with van der Waals surface area (Å²) in [6.07, 6.45) is 0.508. The van der Waals surface area contributed by atoms with E-state index in [-0.39, 0.29) is 11.5 Å². The molecule has 1 saturated heterocycles. The van der Waals surface area contributed by atoms with Crippen molar-refractivity contribution in [3.8, 4) is 0 Å². The van der Waals surface area contributed by atoms with Crippen molar-refractivity contribution in [3.05, 3.63) is 29.8 Å². The number of β-lactam (4-membered cyclic amide) rings is 1. The Labute approximate surface area is 80.8 Å². The molecule has 72 valence electrons. The fraction of sp³-hybridized carbons (Fsp3) is 0.200. The number of rotatable bonds is 2. The molecule has 4 nitrogen and oxygen atoms in total. The maximum absolute atomic E-state index is 11.1. The van der Waals surface area contributed by atoms with Gasteiger partial charge in [0.15, 0.2) is 0 Å². The number of para-hydroxylation sites is 1. The number of nitrogens with zero attached hydrogens (tertiary/aromatic N) is 1. The highest BCUT2D eigenvalue weighted by molar-refractivity contribution is 6.05. The van der Waals surface area contributed by atoms with Crippen LogP contribution in [0.4, 0.5) is 5.69 Å². The third-order valence-electron chi connectivity index (χ3n) is 2.28. The summed E-state index contributed by atoms with van der Waals surface area (Å²) in [5, 5.41) is 8.88. The van der Waals surface area contributed by atoms with Crippen molar-refractivity contribution >= 4 is 17.6 Å². The molecule has 1 aromatic carbocycles. The Kier molecular flexibility index (Phi) is 1.96. The minimum absolute atomic E-state index is 0.0151. The summed E-state index contributed by atoms with van der Waals surface area (Å²) in [7, 11) is 0. The summed E-state index contributed by atoms with van der Waals surface area (Å²) < 4.78 is 0. The van der Waals surface area contributed by atoms with E-state index in [4.69, 9.17) is 5.11 Å². The van der Waals surface area contributed by atoms with Crippen LogP contribution < -0.4 is 4.90 Å². The molecule has 14 heavy (non-hydrogen) atoms. The number of benzene rings is 1. The van der Waals surface area contributed by atoms with Gasteiger partial charge in [0.25, 0.3) is 0 Å². The van der Waals surface area contributed by atoms with Crippen molar-refractivity contribution < 1.29 is 14.7 Å². The van der Waals surface area contributed by atoms with E-state index in [0.717, 1.165) is 0 Å². The Hall–Kier alpha value is -1.84. The SMILES string of the molecule is O=C(O)c1ccccc1N1CCC1=O. The Morgan fingerprint density at radius 1 is 1.36 bits per heavy atom. The number of carbonyl (C=O) groups is 2. The van der Waals surface area contributed by atoms with Crippen LogP contribution in [0, 0.1) is 0 Å². The molecule has 0 spiro atoms. The molecule has 0 atom stereocenters. The average molecular weight is 191 g/mol. The lowest BCUT2D eigenvalue weighted by atomic mass is 10.1. The van der Waals surface area contributed by atoms with Crippen LogP contribution >= 0.6 is 0 Å². The van der Waals surface area contributed by atoms with Crippen molar-refractivity contribution in [3.63, 3.8) is 0 Å². The number of hydrogen-bond acceptors (Lipinski definition) is 2. The van der Waals surface area contributed by atoms with Crippen LogP contribution in [-0.2, 0) is 4.79 Å². The highest BCUT2D eigenvalue weighted by Crippen LogP contribution is 2.25. The molecule has 4 heteroatoms. The summed E-state index contributed by atoms with van der Waals surface area (Å²) >= 11 is 0. The third kappa shape index (κ3) is 1.25.